The SMILES string of the molecule is Cc1c(S(=O)(=O)N[C@H]2CCCC[C@@H]2C)c(=O)n(C)c(=O)n1C. The van der Waals surface area contributed by atoms with Gasteiger partial charge in [-0.15, -0.1) is 0 Å². The number of nitrogens with zero attached hydrogens (tertiary/aromatic N) is 2. The number of hydrogen-bond acceptors (Lipinski definition) is 4. The summed E-state index contributed by atoms with van der Waals surface area (Å²) >= 11 is 0. The Morgan fingerprint density at radius 2 is 1.68 bits per heavy atom. The van der Waals surface area contributed by atoms with E-state index in [2.05, 4.69) is 4.72 Å². The highest BCUT2D eigenvalue weighted by atomic mass is 32.2. The maximum absolute atomic E-state index is 12.7. The van der Waals surface area contributed by atoms with Crippen LogP contribution in [0.2, 0.25) is 0 Å². The van der Waals surface area contributed by atoms with Gasteiger partial charge < -0.3 is 0 Å². The van der Waals surface area contributed by atoms with Gasteiger partial charge in [-0.2, -0.15) is 0 Å². The highest BCUT2D eigenvalue weighted by molar-refractivity contribution is 7.89. The van der Waals surface area contributed by atoms with Gasteiger partial charge in [0.25, 0.3) is 5.56 Å². The van der Waals surface area contributed by atoms with Gasteiger partial charge in [0.15, 0.2) is 4.90 Å². The monoisotopic (exact) mass is 329 g/mol. The molecule has 2 atom stereocenters. The van der Waals surface area contributed by atoms with Crippen molar-refractivity contribution in [2.24, 2.45) is 20.0 Å². The van der Waals surface area contributed by atoms with Crippen molar-refractivity contribution in [3.05, 3.63) is 26.5 Å². The van der Waals surface area contributed by atoms with Crippen molar-refractivity contribution in [1.82, 2.24) is 13.9 Å². The minimum absolute atomic E-state index is 0.157. The summed E-state index contributed by atoms with van der Waals surface area (Å²) in [5.41, 5.74) is -1.16. The van der Waals surface area contributed by atoms with Gasteiger partial charge in [0.1, 0.15) is 0 Å². The number of hydrogen-bond donors (Lipinski definition) is 1. The topological polar surface area (TPSA) is 90.2 Å². The quantitative estimate of drug-likeness (QED) is 0.861. The molecule has 1 aromatic heterocycles. The molecular weight excluding hydrogens is 306 g/mol. The summed E-state index contributed by atoms with van der Waals surface area (Å²) in [5.74, 6) is 0.236. The van der Waals surface area contributed by atoms with E-state index >= 15 is 0 Å². The predicted molar refractivity (Wildman–Crippen MR) is 83.4 cm³/mol. The fourth-order valence-corrected chi connectivity index (χ4v) is 4.73. The van der Waals surface area contributed by atoms with E-state index in [9.17, 15) is 18.0 Å². The van der Waals surface area contributed by atoms with E-state index in [0.29, 0.717) is 0 Å². The van der Waals surface area contributed by atoms with Crippen LogP contribution in [0.4, 0.5) is 0 Å². The van der Waals surface area contributed by atoms with E-state index in [0.717, 1.165) is 30.3 Å². The molecule has 0 radical (unpaired) electrons. The van der Waals surface area contributed by atoms with Crippen LogP contribution in [-0.2, 0) is 24.1 Å². The van der Waals surface area contributed by atoms with Crippen molar-refractivity contribution in [2.45, 2.75) is 50.5 Å². The molecule has 1 heterocycles. The average Bonchev–Trinajstić information content (AvgIpc) is 2.45. The molecule has 1 aliphatic rings. The summed E-state index contributed by atoms with van der Waals surface area (Å²) in [4.78, 5) is 23.8. The molecule has 22 heavy (non-hydrogen) atoms. The second-order valence-electron chi connectivity index (χ2n) is 6.11. The largest absolute Gasteiger partial charge is 0.330 e. The third-order valence-corrected chi connectivity index (χ3v) is 6.21. The molecule has 8 heteroatoms. The molecule has 7 nitrogen and oxygen atoms in total. The number of rotatable bonds is 3. The lowest BCUT2D eigenvalue weighted by Gasteiger charge is -2.29. The van der Waals surface area contributed by atoms with E-state index in [4.69, 9.17) is 0 Å². The minimum Gasteiger partial charge on any atom is -0.300 e. The van der Waals surface area contributed by atoms with E-state index in [1.165, 1.54) is 25.6 Å². The Labute approximate surface area is 130 Å². The van der Waals surface area contributed by atoms with Crippen LogP contribution in [0.5, 0.6) is 0 Å². The van der Waals surface area contributed by atoms with Crippen LogP contribution >= 0.6 is 0 Å². The average molecular weight is 329 g/mol. The Kier molecular flexibility index (Phi) is 4.62. The molecule has 2 rings (SSSR count). The molecule has 1 fully saturated rings. The lowest BCUT2D eigenvalue weighted by molar-refractivity contribution is 0.310. The van der Waals surface area contributed by atoms with Gasteiger partial charge in [-0.05, 0) is 25.7 Å². The van der Waals surface area contributed by atoms with Crippen LogP contribution in [0.25, 0.3) is 0 Å². The lowest BCUT2D eigenvalue weighted by atomic mass is 9.87. The van der Waals surface area contributed by atoms with Gasteiger partial charge >= 0.3 is 5.69 Å². The summed E-state index contributed by atoms with van der Waals surface area (Å²) in [6, 6.07) is -0.167. The van der Waals surface area contributed by atoms with Gasteiger partial charge in [0.05, 0.1) is 0 Å². The van der Waals surface area contributed by atoms with Gasteiger partial charge in [0, 0.05) is 25.8 Å². The molecule has 1 N–H and O–H groups in total. The zero-order valence-electron chi connectivity index (χ0n) is 13.4. The van der Waals surface area contributed by atoms with Crippen molar-refractivity contribution < 1.29 is 8.42 Å². The van der Waals surface area contributed by atoms with Crippen LogP contribution in [-0.4, -0.2) is 23.6 Å². The molecule has 1 aromatic rings. The second-order valence-corrected chi connectivity index (χ2v) is 7.76. The Morgan fingerprint density at radius 1 is 1.09 bits per heavy atom. The zero-order valence-corrected chi connectivity index (χ0v) is 14.2. The first-order valence-corrected chi connectivity index (χ1v) is 8.94. The summed E-state index contributed by atoms with van der Waals surface area (Å²) in [7, 11) is -1.22. The molecule has 124 valence electrons. The number of aromatic nitrogens is 2. The molecule has 1 aliphatic carbocycles. The number of nitrogens with one attached hydrogen (secondary N) is 1. The molecule has 1 saturated carbocycles. The fraction of sp³-hybridized carbons (Fsp3) is 0.714. The van der Waals surface area contributed by atoms with E-state index in [-0.39, 0.29) is 22.5 Å². The highest BCUT2D eigenvalue weighted by Gasteiger charge is 2.30. The van der Waals surface area contributed by atoms with E-state index in [1.807, 2.05) is 6.92 Å². The molecule has 0 bridgehead atoms. The van der Waals surface area contributed by atoms with E-state index < -0.39 is 21.3 Å². The van der Waals surface area contributed by atoms with Crippen molar-refractivity contribution in [1.29, 1.82) is 0 Å². The van der Waals surface area contributed by atoms with Gasteiger partial charge in [-0.3, -0.25) is 13.9 Å². The maximum atomic E-state index is 12.7. The van der Waals surface area contributed by atoms with Crippen molar-refractivity contribution in [3.8, 4) is 0 Å². The van der Waals surface area contributed by atoms with Crippen LogP contribution in [0.15, 0.2) is 14.5 Å². The molecule has 0 spiro atoms. The lowest BCUT2D eigenvalue weighted by Crippen LogP contribution is -2.47. The maximum Gasteiger partial charge on any atom is 0.330 e. The highest BCUT2D eigenvalue weighted by Crippen LogP contribution is 2.25. The van der Waals surface area contributed by atoms with Crippen molar-refractivity contribution in [3.63, 3.8) is 0 Å². The molecule has 0 saturated heterocycles. The minimum atomic E-state index is -3.96. The molecule has 0 aromatic carbocycles. The van der Waals surface area contributed by atoms with Crippen LogP contribution in [0.1, 0.15) is 38.3 Å². The Balaban J connectivity index is 2.51. The van der Waals surface area contributed by atoms with Gasteiger partial charge in [-0.25, -0.2) is 17.9 Å². The first-order chi connectivity index (χ1) is 10.2. The van der Waals surface area contributed by atoms with Gasteiger partial charge in [0.2, 0.25) is 10.0 Å². The first-order valence-electron chi connectivity index (χ1n) is 7.45. The van der Waals surface area contributed by atoms with Crippen LogP contribution < -0.4 is 16.0 Å². The number of sulfonamides is 1. The molecule has 0 aliphatic heterocycles. The Hall–Kier alpha value is -1.41. The first kappa shape index (κ1) is 17.0. The van der Waals surface area contributed by atoms with Crippen molar-refractivity contribution >= 4 is 10.0 Å². The summed E-state index contributed by atoms with van der Waals surface area (Å²) < 4.78 is 30.0. The van der Waals surface area contributed by atoms with Crippen LogP contribution in [0.3, 0.4) is 0 Å². The summed E-state index contributed by atoms with van der Waals surface area (Å²) in [5, 5.41) is 0. The standard InChI is InChI=1S/C14H23N3O4S/c1-9-7-5-6-8-11(9)15-22(20,21)12-10(2)16(3)14(19)17(4)13(12)18/h9,11,15H,5-8H2,1-4H3/t9-,11-/m0/s1. The summed E-state index contributed by atoms with van der Waals surface area (Å²) in [6.45, 7) is 3.49. The van der Waals surface area contributed by atoms with Crippen molar-refractivity contribution in [2.75, 3.05) is 0 Å². The summed E-state index contributed by atoms with van der Waals surface area (Å²) in [6.07, 6.45) is 3.81. The third kappa shape index (κ3) is 2.89. The van der Waals surface area contributed by atoms with E-state index in [1.54, 1.807) is 0 Å². The Bertz CT molecular complexity index is 792. The zero-order chi connectivity index (χ0) is 16.7. The second kappa shape index (κ2) is 6.00. The molecular formula is C14H23N3O4S. The predicted octanol–water partition coefficient (Wildman–Crippen LogP) is 0.249. The van der Waals surface area contributed by atoms with Crippen LogP contribution in [0, 0.1) is 12.8 Å². The fourth-order valence-electron chi connectivity index (χ4n) is 2.97. The smallest absolute Gasteiger partial charge is 0.300 e. The normalized spacial score (nSPS) is 22.7. The molecule has 0 unspecified atom stereocenters. The Morgan fingerprint density at radius 3 is 2.27 bits per heavy atom. The third-order valence-electron chi connectivity index (χ3n) is 4.59. The molecule has 0 amide bonds. The van der Waals surface area contributed by atoms with Gasteiger partial charge in [-0.1, -0.05) is 19.8 Å².